The first-order valence-electron chi connectivity index (χ1n) is 10.6. The summed E-state index contributed by atoms with van der Waals surface area (Å²) in [6.45, 7) is 0.930. The molecule has 0 bridgehead atoms. The predicted molar refractivity (Wildman–Crippen MR) is 123 cm³/mol. The van der Waals surface area contributed by atoms with Crippen LogP contribution in [0.4, 0.5) is 11.4 Å². The molecule has 0 spiro atoms. The Morgan fingerprint density at radius 2 is 1.78 bits per heavy atom. The molecule has 5 rings (SSSR count). The van der Waals surface area contributed by atoms with Crippen molar-refractivity contribution in [1.82, 2.24) is 4.90 Å². The second-order valence-electron chi connectivity index (χ2n) is 8.16. The third kappa shape index (κ3) is 3.60. The quantitative estimate of drug-likeness (QED) is 0.646. The molecule has 2 aliphatic heterocycles. The molecule has 1 N–H and O–H groups in total. The van der Waals surface area contributed by atoms with Crippen molar-refractivity contribution in [1.29, 1.82) is 0 Å². The molecule has 32 heavy (non-hydrogen) atoms. The van der Waals surface area contributed by atoms with Gasteiger partial charge >= 0.3 is 0 Å². The number of hydrogen-bond donors (Lipinski definition) is 1. The molecule has 2 heterocycles. The number of likely N-dealkylation sites (tertiary alicyclic amines) is 1. The van der Waals surface area contributed by atoms with Crippen LogP contribution in [0.1, 0.15) is 24.8 Å². The molecule has 8 heteroatoms. The number of carbonyl (C=O) groups is 2. The van der Waals surface area contributed by atoms with Gasteiger partial charge in [-0.2, -0.15) is 0 Å². The molecule has 0 atom stereocenters. The monoisotopic (exact) mass is 449 g/mol. The van der Waals surface area contributed by atoms with Crippen LogP contribution < -0.4 is 9.62 Å². The van der Waals surface area contributed by atoms with Gasteiger partial charge in [0, 0.05) is 30.6 Å². The van der Waals surface area contributed by atoms with Gasteiger partial charge in [0.25, 0.3) is 10.0 Å². The average molecular weight is 450 g/mol. The molecule has 1 saturated heterocycles. The van der Waals surface area contributed by atoms with Gasteiger partial charge in [-0.1, -0.05) is 36.4 Å². The zero-order valence-electron chi connectivity index (χ0n) is 17.5. The molecule has 0 aromatic heterocycles. The van der Waals surface area contributed by atoms with Crippen LogP contribution in [0.2, 0.25) is 0 Å². The van der Waals surface area contributed by atoms with Gasteiger partial charge in [-0.05, 0) is 48.1 Å². The topological polar surface area (TPSA) is 86.8 Å². The van der Waals surface area contributed by atoms with Gasteiger partial charge in [0.05, 0.1) is 10.6 Å². The highest BCUT2D eigenvalue weighted by Crippen LogP contribution is 2.41. The van der Waals surface area contributed by atoms with E-state index < -0.39 is 15.9 Å². The molecule has 1 fully saturated rings. The Balaban J connectivity index is 1.33. The summed E-state index contributed by atoms with van der Waals surface area (Å²) in [5.74, 6) is -0.275. The number of sulfonamides is 1. The summed E-state index contributed by atoms with van der Waals surface area (Å²) < 4.78 is 27.3. The summed E-state index contributed by atoms with van der Waals surface area (Å²) in [6, 6.07) is 17.8. The van der Waals surface area contributed by atoms with Gasteiger partial charge < -0.3 is 10.2 Å². The van der Waals surface area contributed by atoms with E-state index in [1.54, 1.807) is 30.3 Å². The largest absolute Gasteiger partial charge is 0.338 e. The molecule has 0 radical (unpaired) electrons. The van der Waals surface area contributed by atoms with Crippen molar-refractivity contribution >= 4 is 44.0 Å². The Labute approximate surface area is 186 Å². The highest BCUT2D eigenvalue weighted by molar-refractivity contribution is 7.93. The van der Waals surface area contributed by atoms with E-state index in [1.807, 2.05) is 35.2 Å². The first kappa shape index (κ1) is 20.5. The fourth-order valence-corrected chi connectivity index (χ4v) is 6.12. The van der Waals surface area contributed by atoms with Crippen LogP contribution in [0.5, 0.6) is 0 Å². The van der Waals surface area contributed by atoms with E-state index in [1.165, 1.54) is 0 Å². The minimum Gasteiger partial charge on any atom is -0.338 e. The Hall–Kier alpha value is -3.39. The summed E-state index contributed by atoms with van der Waals surface area (Å²) in [7, 11) is -3.79. The number of carbonyl (C=O) groups excluding carboxylic acids is 2. The van der Waals surface area contributed by atoms with Crippen LogP contribution in [-0.4, -0.2) is 38.2 Å². The fraction of sp³-hybridized carbons (Fsp3) is 0.250. The normalized spacial score (nSPS) is 17.1. The lowest BCUT2D eigenvalue weighted by atomic mass is 10.1. The summed E-state index contributed by atoms with van der Waals surface area (Å²) >= 11 is 0. The number of amides is 2. The second-order valence-corrected chi connectivity index (χ2v) is 9.99. The maximum absolute atomic E-state index is 13.1. The number of rotatable bonds is 5. The van der Waals surface area contributed by atoms with E-state index in [4.69, 9.17) is 0 Å². The van der Waals surface area contributed by atoms with Gasteiger partial charge in [-0.15, -0.1) is 0 Å². The molecule has 2 aliphatic rings. The molecule has 3 aromatic rings. The zero-order valence-corrected chi connectivity index (χ0v) is 18.3. The van der Waals surface area contributed by atoms with Crippen LogP contribution in [0.3, 0.4) is 0 Å². The molecule has 0 aliphatic carbocycles. The molecule has 2 amide bonds. The van der Waals surface area contributed by atoms with E-state index in [9.17, 15) is 18.0 Å². The van der Waals surface area contributed by atoms with Crippen LogP contribution in [0.15, 0.2) is 65.6 Å². The first-order valence-corrected chi connectivity index (χ1v) is 12.1. The molecular formula is C24H23N3O4S. The summed E-state index contributed by atoms with van der Waals surface area (Å²) in [4.78, 5) is 26.9. The molecular weight excluding hydrogens is 426 g/mol. The predicted octanol–water partition coefficient (Wildman–Crippen LogP) is 3.50. The van der Waals surface area contributed by atoms with Crippen molar-refractivity contribution in [3.8, 4) is 0 Å². The van der Waals surface area contributed by atoms with E-state index in [-0.39, 0.29) is 17.3 Å². The molecule has 0 unspecified atom stereocenters. The summed E-state index contributed by atoms with van der Waals surface area (Å²) in [5, 5.41) is 4.28. The SMILES string of the molecule is O=C(CN1c2cccc3cccc(c23)S1(=O)=O)Nc1cccc(CN2CCCCC2=O)c1. The number of nitrogens with zero attached hydrogens (tertiary/aromatic N) is 2. The Morgan fingerprint density at radius 1 is 1.00 bits per heavy atom. The first-order chi connectivity index (χ1) is 15.4. The van der Waals surface area contributed by atoms with E-state index in [0.717, 1.165) is 34.6 Å². The Morgan fingerprint density at radius 3 is 2.59 bits per heavy atom. The van der Waals surface area contributed by atoms with E-state index in [2.05, 4.69) is 5.32 Å². The standard InChI is InChI=1S/C24H23N3O4S/c28-22(25-19-9-3-6-17(14-19)15-26-13-2-1-12-23(26)29)16-27-20-10-4-7-18-8-5-11-21(24(18)20)32(27,30)31/h3-11,14H,1-2,12-13,15-16H2,(H,25,28). The Bertz CT molecular complexity index is 1330. The lowest BCUT2D eigenvalue weighted by Gasteiger charge is -2.27. The average Bonchev–Trinajstić information content (AvgIpc) is 2.99. The van der Waals surface area contributed by atoms with Crippen LogP contribution >= 0.6 is 0 Å². The third-order valence-electron chi connectivity index (χ3n) is 5.97. The fourth-order valence-electron chi connectivity index (χ4n) is 4.46. The van der Waals surface area contributed by atoms with Gasteiger partial charge in [0.15, 0.2) is 0 Å². The number of hydrogen-bond acceptors (Lipinski definition) is 4. The number of nitrogens with one attached hydrogen (secondary N) is 1. The smallest absolute Gasteiger partial charge is 0.265 e. The molecule has 3 aromatic carbocycles. The van der Waals surface area contributed by atoms with Crippen LogP contribution in [0.25, 0.3) is 10.8 Å². The summed E-state index contributed by atoms with van der Waals surface area (Å²) in [6.07, 6.45) is 2.51. The number of anilines is 2. The lowest BCUT2D eigenvalue weighted by Crippen LogP contribution is -2.35. The van der Waals surface area contributed by atoms with Crippen molar-refractivity contribution in [2.45, 2.75) is 30.7 Å². The number of piperidine rings is 1. The van der Waals surface area contributed by atoms with Crippen LogP contribution in [0, 0.1) is 0 Å². The van der Waals surface area contributed by atoms with Crippen molar-refractivity contribution in [3.63, 3.8) is 0 Å². The zero-order chi connectivity index (χ0) is 22.3. The van der Waals surface area contributed by atoms with Gasteiger partial charge in [-0.25, -0.2) is 8.42 Å². The minimum atomic E-state index is -3.79. The molecule has 0 saturated carbocycles. The number of benzene rings is 3. The third-order valence-corrected chi connectivity index (χ3v) is 7.78. The van der Waals surface area contributed by atoms with Crippen molar-refractivity contribution in [2.24, 2.45) is 0 Å². The maximum atomic E-state index is 13.1. The highest BCUT2D eigenvalue weighted by Gasteiger charge is 2.36. The summed E-state index contributed by atoms with van der Waals surface area (Å²) in [5.41, 5.74) is 2.01. The Kier molecular flexibility index (Phi) is 5.09. The lowest BCUT2D eigenvalue weighted by molar-refractivity contribution is -0.133. The maximum Gasteiger partial charge on any atom is 0.265 e. The van der Waals surface area contributed by atoms with Crippen molar-refractivity contribution in [2.75, 3.05) is 22.7 Å². The van der Waals surface area contributed by atoms with Gasteiger partial charge in [-0.3, -0.25) is 13.9 Å². The van der Waals surface area contributed by atoms with Crippen LogP contribution in [-0.2, 0) is 26.2 Å². The van der Waals surface area contributed by atoms with E-state index >= 15 is 0 Å². The van der Waals surface area contributed by atoms with Gasteiger partial charge in [0.2, 0.25) is 11.8 Å². The minimum absolute atomic E-state index is 0.152. The highest BCUT2D eigenvalue weighted by atomic mass is 32.2. The second kappa shape index (κ2) is 7.94. The molecule has 164 valence electrons. The molecule has 7 nitrogen and oxygen atoms in total. The van der Waals surface area contributed by atoms with Gasteiger partial charge in [0.1, 0.15) is 6.54 Å². The van der Waals surface area contributed by atoms with Crippen molar-refractivity contribution in [3.05, 3.63) is 66.2 Å². The van der Waals surface area contributed by atoms with E-state index in [0.29, 0.717) is 29.7 Å². The van der Waals surface area contributed by atoms with Crippen molar-refractivity contribution < 1.29 is 18.0 Å².